The Bertz CT molecular complexity index is 1020. The molecule has 1 amide bonds. The maximum Gasteiger partial charge on any atom is 0.439 e. The van der Waals surface area contributed by atoms with Crippen molar-refractivity contribution in [1.82, 2.24) is 9.55 Å². The molecule has 0 fully saturated rings. The van der Waals surface area contributed by atoms with Gasteiger partial charge in [0, 0.05) is 30.8 Å². The largest absolute Gasteiger partial charge is 0.439 e. The molecule has 5 heteroatoms. The first-order valence-electron chi connectivity index (χ1n) is 9.99. The number of hydrogen-bond acceptors (Lipinski definition) is 3. The van der Waals surface area contributed by atoms with E-state index in [-0.39, 0.29) is 10.5 Å². The number of hydrogen-bond donors (Lipinski definition) is 0. The lowest BCUT2D eigenvalue weighted by molar-refractivity contribution is -0.724. The lowest BCUT2D eigenvalue weighted by Gasteiger charge is -2.30. The predicted molar refractivity (Wildman–Crippen MR) is 114 cm³/mol. The molecule has 5 nitrogen and oxygen atoms in total. The van der Waals surface area contributed by atoms with E-state index in [2.05, 4.69) is 36.2 Å². The van der Waals surface area contributed by atoms with Crippen molar-refractivity contribution in [2.45, 2.75) is 32.7 Å². The molecule has 4 rings (SSSR count). The van der Waals surface area contributed by atoms with Gasteiger partial charge in [-0.25, -0.2) is 19.3 Å². The van der Waals surface area contributed by atoms with Crippen LogP contribution in [0.5, 0.6) is 0 Å². The van der Waals surface area contributed by atoms with Crippen LogP contribution in [0.25, 0.3) is 0 Å². The molecule has 0 saturated heterocycles. The average Bonchev–Trinajstić information content (AvgIpc) is 3.40. The van der Waals surface area contributed by atoms with Gasteiger partial charge in [-0.05, 0) is 12.0 Å². The highest BCUT2D eigenvalue weighted by Gasteiger charge is 2.46. The number of quaternary nitrogens is 1. The molecule has 29 heavy (non-hydrogen) atoms. The molecule has 0 spiro atoms. The molecule has 1 aliphatic rings. The van der Waals surface area contributed by atoms with Gasteiger partial charge >= 0.3 is 6.03 Å². The van der Waals surface area contributed by atoms with Crippen LogP contribution in [0.3, 0.4) is 0 Å². The Labute approximate surface area is 171 Å². The second-order valence-corrected chi connectivity index (χ2v) is 7.32. The quantitative estimate of drug-likeness (QED) is 0.550. The minimum absolute atomic E-state index is 0.0541. The Morgan fingerprint density at radius 1 is 1.00 bits per heavy atom. The molecular formula is C24H25N4O+. The first kappa shape index (κ1) is 19.0. The summed E-state index contributed by atoms with van der Waals surface area (Å²) in [6.07, 6.45) is 9.22. The number of allylic oxidation sites excluding steroid dienone is 2. The number of rotatable bonds is 6. The maximum atomic E-state index is 13.7. The zero-order valence-corrected chi connectivity index (χ0v) is 16.6. The van der Waals surface area contributed by atoms with E-state index in [1.807, 2.05) is 42.7 Å². The summed E-state index contributed by atoms with van der Waals surface area (Å²) >= 11 is 0. The monoisotopic (exact) mass is 385 g/mol. The number of aliphatic imine (C=N–C) groups is 1. The van der Waals surface area contributed by atoms with Crippen molar-refractivity contribution >= 4 is 12.4 Å². The lowest BCUT2D eigenvalue weighted by atomic mass is 10.0. The molecule has 1 aromatic heterocycles. The van der Waals surface area contributed by atoms with Crippen molar-refractivity contribution in [3.8, 4) is 0 Å². The standard InChI is InChI=1S/C24H25N4O/c1-2-9-23-22(16-20-10-5-3-6-11-20)26-19-28(23,17-21-12-7-4-8-13-21)24(29)27-15-14-25-18-27/h3-8,10-15,18-19H,2,9,16-17H2,1H3/q+1. The van der Waals surface area contributed by atoms with Gasteiger partial charge in [-0.3, -0.25) is 0 Å². The first-order valence-corrected chi connectivity index (χ1v) is 9.99. The van der Waals surface area contributed by atoms with E-state index in [0.29, 0.717) is 6.54 Å². The molecule has 0 bridgehead atoms. The molecule has 2 aromatic carbocycles. The minimum Gasteiger partial charge on any atom is -0.245 e. The average molecular weight is 385 g/mol. The third-order valence-electron chi connectivity index (χ3n) is 5.27. The summed E-state index contributed by atoms with van der Waals surface area (Å²) in [5.74, 6) is 0. The van der Waals surface area contributed by atoms with Crippen LogP contribution < -0.4 is 0 Å². The fraction of sp³-hybridized carbons (Fsp3) is 0.208. The zero-order valence-electron chi connectivity index (χ0n) is 16.6. The summed E-state index contributed by atoms with van der Waals surface area (Å²) < 4.78 is 1.65. The van der Waals surface area contributed by atoms with Crippen molar-refractivity contribution in [2.75, 3.05) is 0 Å². The summed E-state index contributed by atoms with van der Waals surface area (Å²) in [7, 11) is 0. The summed E-state index contributed by atoms with van der Waals surface area (Å²) in [4.78, 5) is 22.6. The minimum atomic E-state index is -0.0541. The number of carbonyl (C=O) groups is 1. The summed E-state index contributed by atoms with van der Waals surface area (Å²) in [5.41, 5.74) is 4.35. The van der Waals surface area contributed by atoms with Crippen LogP contribution in [0.1, 0.15) is 30.9 Å². The van der Waals surface area contributed by atoms with Crippen LogP contribution in [-0.2, 0) is 13.0 Å². The normalized spacial score (nSPS) is 18.4. The van der Waals surface area contributed by atoms with Crippen molar-refractivity contribution in [2.24, 2.45) is 4.99 Å². The fourth-order valence-electron chi connectivity index (χ4n) is 3.88. The summed E-state index contributed by atoms with van der Waals surface area (Å²) in [6.45, 7) is 2.68. The van der Waals surface area contributed by atoms with E-state index in [1.165, 1.54) is 5.56 Å². The predicted octanol–water partition coefficient (Wildman–Crippen LogP) is 5.16. The summed E-state index contributed by atoms with van der Waals surface area (Å²) in [6, 6.07) is 20.4. The van der Waals surface area contributed by atoms with Gasteiger partial charge in [0.25, 0.3) is 0 Å². The molecule has 1 aliphatic heterocycles. The van der Waals surface area contributed by atoms with Crippen LogP contribution in [0.2, 0.25) is 0 Å². The molecule has 3 aromatic rings. The Morgan fingerprint density at radius 2 is 1.69 bits per heavy atom. The highest BCUT2D eigenvalue weighted by molar-refractivity contribution is 5.81. The molecule has 1 atom stereocenters. The van der Waals surface area contributed by atoms with Crippen LogP contribution in [0.4, 0.5) is 4.79 Å². The highest BCUT2D eigenvalue weighted by Crippen LogP contribution is 2.35. The van der Waals surface area contributed by atoms with Gasteiger partial charge in [0.05, 0.1) is 0 Å². The van der Waals surface area contributed by atoms with E-state index in [4.69, 9.17) is 4.99 Å². The van der Waals surface area contributed by atoms with Gasteiger partial charge in [0.15, 0.2) is 0 Å². The van der Waals surface area contributed by atoms with Crippen molar-refractivity contribution in [3.63, 3.8) is 0 Å². The van der Waals surface area contributed by atoms with Gasteiger partial charge in [-0.15, -0.1) is 0 Å². The van der Waals surface area contributed by atoms with Gasteiger partial charge in [0.1, 0.15) is 24.3 Å². The van der Waals surface area contributed by atoms with Crippen LogP contribution >= 0.6 is 0 Å². The Hall–Kier alpha value is -3.31. The van der Waals surface area contributed by atoms with E-state index in [0.717, 1.165) is 36.2 Å². The Kier molecular flexibility index (Phi) is 5.49. The van der Waals surface area contributed by atoms with Gasteiger partial charge in [0.2, 0.25) is 6.34 Å². The highest BCUT2D eigenvalue weighted by atomic mass is 16.2. The summed E-state index contributed by atoms with van der Waals surface area (Å²) in [5, 5.41) is 0. The van der Waals surface area contributed by atoms with Crippen LogP contribution in [0.15, 0.2) is 95.8 Å². The van der Waals surface area contributed by atoms with Crippen molar-refractivity contribution in [3.05, 3.63) is 102 Å². The van der Waals surface area contributed by atoms with E-state index in [1.54, 1.807) is 23.3 Å². The van der Waals surface area contributed by atoms with Gasteiger partial charge in [-0.1, -0.05) is 67.6 Å². The molecule has 0 saturated carbocycles. The molecule has 146 valence electrons. The topological polar surface area (TPSA) is 47.2 Å². The second-order valence-electron chi connectivity index (χ2n) is 7.32. The number of carbonyl (C=O) groups excluding carboxylic acids is 1. The number of nitrogens with zero attached hydrogens (tertiary/aromatic N) is 4. The second kappa shape index (κ2) is 8.37. The van der Waals surface area contributed by atoms with E-state index >= 15 is 0 Å². The zero-order chi connectivity index (χ0) is 20.1. The molecule has 2 heterocycles. The molecule has 0 N–H and O–H groups in total. The number of imidazole rings is 1. The molecule has 1 unspecified atom stereocenters. The number of benzene rings is 2. The third-order valence-corrected chi connectivity index (χ3v) is 5.27. The van der Waals surface area contributed by atoms with Gasteiger partial charge in [-0.2, -0.15) is 4.48 Å². The van der Waals surface area contributed by atoms with Gasteiger partial charge < -0.3 is 0 Å². The molecular weight excluding hydrogens is 360 g/mol. The SMILES string of the molecule is CCCC1=C(Cc2ccccc2)N=C[N+]1(Cc1ccccc1)C(=O)n1ccnc1. The third kappa shape index (κ3) is 3.82. The Morgan fingerprint density at radius 3 is 2.31 bits per heavy atom. The van der Waals surface area contributed by atoms with Crippen molar-refractivity contribution in [1.29, 1.82) is 0 Å². The molecule has 0 aliphatic carbocycles. The fourth-order valence-corrected chi connectivity index (χ4v) is 3.88. The number of amides is 1. The molecule has 0 radical (unpaired) electrons. The first-order chi connectivity index (χ1) is 14.2. The van der Waals surface area contributed by atoms with E-state index < -0.39 is 0 Å². The van der Waals surface area contributed by atoms with Crippen LogP contribution in [0, 0.1) is 0 Å². The van der Waals surface area contributed by atoms with Crippen molar-refractivity contribution < 1.29 is 9.28 Å². The Balaban J connectivity index is 1.80. The number of aromatic nitrogens is 2. The maximum absolute atomic E-state index is 13.7. The lowest BCUT2D eigenvalue weighted by Crippen LogP contribution is -2.50. The van der Waals surface area contributed by atoms with Crippen LogP contribution in [-0.4, -0.2) is 26.4 Å². The van der Waals surface area contributed by atoms with E-state index in [9.17, 15) is 4.79 Å². The smallest absolute Gasteiger partial charge is 0.245 e.